The van der Waals surface area contributed by atoms with Crippen molar-refractivity contribution in [1.29, 1.82) is 0 Å². The summed E-state index contributed by atoms with van der Waals surface area (Å²) >= 11 is 0. The van der Waals surface area contributed by atoms with Crippen LogP contribution in [-0.4, -0.2) is 17.0 Å². The molecule has 9 aromatic carbocycles. The molecule has 9 aromatic rings. The molecule has 3 nitrogen and oxygen atoms in total. The molecule has 0 aliphatic heterocycles. The maximum atomic E-state index is 12.2. The number of hydrogen-bond donors (Lipinski definition) is 0. The normalized spacial score (nSPS) is 10.7. The number of benzene rings is 9. The Balaban J connectivity index is 0.000000158. The molecular formula is C57H45O3P3Rh+3. The quantitative estimate of drug-likeness (QED) is 0.107. The van der Waals surface area contributed by atoms with E-state index >= 15 is 0 Å². The van der Waals surface area contributed by atoms with Gasteiger partial charge in [0.25, 0.3) is 0 Å². The Morgan fingerprint density at radius 2 is 0.281 bits per heavy atom. The summed E-state index contributed by atoms with van der Waals surface area (Å²) in [5.74, 6) is 0. The molecule has 0 heterocycles. The summed E-state index contributed by atoms with van der Waals surface area (Å²) in [5.41, 5.74) is 7.28. The van der Waals surface area contributed by atoms with E-state index < -0.39 is 20.7 Å². The molecule has 0 saturated carbocycles. The molecule has 0 unspecified atom stereocenters. The van der Waals surface area contributed by atoms with Crippen molar-refractivity contribution >= 4 is 85.4 Å². The van der Waals surface area contributed by atoms with Crippen molar-refractivity contribution in [3.63, 3.8) is 0 Å². The second-order valence-corrected chi connectivity index (χ2v) is 23.5. The zero-order valence-electron chi connectivity index (χ0n) is 34.9. The van der Waals surface area contributed by atoms with Crippen LogP contribution in [-0.2, 0) is 33.9 Å². The first-order chi connectivity index (χ1) is 31.1. The fraction of sp³-hybridized carbons (Fsp3) is 0. The van der Waals surface area contributed by atoms with E-state index in [9.17, 15) is 14.4 Å². The third-order valence-corrected chi connectivity index (χ3v) is 21.2. The van der Waals surface area contributed by atoms with E-state index in [1.165, 1.54) is 0 Å². The molecule has 0 aliphatic rings. The van der Waals surface area contributed by atoms with Crippen LogP contribution in [0.2, 0.25) is 0 Å². The van der Waals surface area contributed by atoms with Gasteiger partial charge >= 0.3 is 19.5 Å². The molecule has 9 rings (SSSR count). The Kier molecular flexibility index (Phi) is 17.2. The van der Waals surface area contributed by atoms with Gasteiger partial charge in [-0.1, -0.05) is 273 Å². The van der Waals surface area contributed by atoms with Crippen LogP contribution in [0.3, 0.4) is 0 Å². The van der Waals surface area contributed by atoms with Gasteiger partial charge in [-0.15, -0.1) is 0 Å². The van der Waals surface area contributed by atoms with Gasteiger partial charge in [0.15, 0.2) is 0 Å². The summed E-state index contributed by atoms with van der Waals surface area (Å²) in [5, 5.41) is 9.35. The predicted octanol–water partition coefficient (Wildman–Crippen LogP) is 9.14. The van der Waals surface area contributed by atoms with Crippen LogP contribution in [0.25, 0.3) is 0 Å². The second kappa shape index (κ2) is 23.4. The molecule has 0 aliphatic carbocycles. The van der Waals surface area contributed by atoms with E-state index in [4.69, 9.17) is 0 Å². The van der Waals surface area contributed by atoms with E-state index in [1.54, 1.807) is 0 Å². The molecule has 7 heteroatoms. The second-order valence-electron chi connectivity index (χ2n) is 14.3. The largest absolute Gasteiger partial charge is 3.00 e. The predicted molar refractivity (Wildman–Crippen MR) is 273 cm³/mol. The monoisotopic (exact) mass is 973 g/mol. The van der Waals surface area contributed by atoms with E-state index in [0.29, 0.717) is 0 Å². The fourth-order valence-corrected chi connectivity index (χ4v) is 16.9. The smallest absolute Gasteiger partial charge is 0.233 e. The van der Waals surface area contributed by atoms with Gasteiger partial charge in [-0.3, -0.25) is 0 Å². The molecule has 0 N–H and O–H groups in total. The van der Waals surface area contributed by atoms with Gasteiger partial charge in [0.05, 0.1) is 20.7 Å². The van der Waals surface area contributed by atoms with E-state index in [-0.39, 0.29) is 19.5 Å². The Bertz CT molecular complexity index is 2400. The maximum absolute atomic E-state index is 12.2. The number of carbonyl (C=O) groups excluding carboxylic acids is 3. The first kappa shape index (κ1) is 47.1. The Labute approximate surface area is 389 Å². The van der Waals surface area contributed by atoms with Crippen molar-refractivity contribution in [3.05, 3.63) is 273 Å². The molecule has 0 saturated heterocycles. The maximum Gasteiger partial charge on any atom is 3.00 e. The third-order valence-electron chi connectivity index (χ3n) is 10.7. The summed E-state index contributed by atoms with van der Waals surface area (Å²) in [7, 11) is 0. The van der Waals surface area contributed by atoms with Gasteiger partial charge in [0.2, 0.25) is 0 Å². The number of hydrogen-bond acceptors (Lipinski definition) is 3. The molecular weight excluding hydrogens is 928 g/mol. The molecule has 0 atom stereocenters. The van der Waals surface area contributed by atoms with Crippen LogP contribution in [0.15, 0.2) is 273 Å². The summed E-state index contributed by atoms with van der Waals surface area (Å²) in [4.78, 5) is 36.5. The zero-order chi connectivity index (χ0) is 43.6. The van der Waals surface area contributed by atoms with Gasteiger partial charge in [0.1, 0.15) is 17.0 Å². The van der Waals surface area contributed by atoms with Crippen molar-refractivity contribution in [1.82, 2.24) is 0 Å². The molecule has 64 heavy (non-hydrogen) atoms. The average Bonchev–Trinajstić information content (AvgIpc) is 3.39. The van der Waals surface area contributed by atoms with E-state index in [2.05, 4.69) is 17.0 Å². The first-order valence-corrected chi connectivity index (χ1v) is 25.9. The summed E-state index contributed by atoms with van der Waals surface area (Å²) < 4.78 is 0. The molecule has 0 aromatic heterocycles. The minimum atomic E-state index is -2.34. The Morgan fingerprint density at radius 3 is 0.359 bits per heavy atom. The van der Waals surface area contributed by atoms with Crippen molar-refractivity contribution in [2.45, 2.75) is 0 Å². The van der Waals surface area contributed by atoms with Crippen molar-refractivity contribution in [2.75, 3.05) is 0 Å². The van der Waals surface area contributed by atoms with Crippen LogP contribution in [0.1, 0.15) is 0 Å². The standard InChI is InChI=1S/3C19H15OP.Rh/c3*20-16-21(17-10-4-1-5-11-17,18-12-6-2-7-13-18)19-14-8-3-9-15-19;/h3*1-15H;/q;;;+3. The third kappa shape index (κ3) is 10.0. The summed E-state index contributed by atoms with van der Waals surface area (Å²) in [6.45, 7) is -7.02. The molecule has 0 radical (unpaired) electrons. The Morgan fingerprint density at radius 1 is 0.188 bits per heavy atom. The van der Waals surface area contributed by atoms with Gasteiger partial charge < -0.3 is 0 Å². The minimum Gasteiger partial charge on any atom is -0.233 e. The van der Waals surface area contributed by atoms with Gasteiger partial charge in [0, 0.05) is 0 Å². The van der Waals surface area contributed by atoms with Crippen LogP contribution >= 0.6 is 20.7 Å². The molecule has 0 fully saturated rings. The van der Waals surface area contributed by atoms with Crippen LogP contribution in [0.5, 0.6) is 0 Å². The Hall–Kier alpha value is -6.37. The van der Waals surface area contributed by atoms with Crippen LogP contribution in [0, 0.1) is 0 Å². The van der Waals surface area contributed by atoms with Gasteiger partial charge in [-0.2, -0.15) is 0 Å². The minimum absolute atomic E-state index is 0. The van der Waals surface area contributed by atoms with E-state index in [1.807, 2.05) is 273 Å². The summed E-state index contributed by atoms with van der Waals surface area (Å²) in [6, 6.07) is 89.8. The average molecular weight is 974 g/mol. The van der Waals surface area contributed by atoms with Crippen LogP contribution in [0.4, 0.5) is 0 Å². The molecule has 0 amide bonds. The zero-order valence-corrected chi connectivity index (χ0v) is 39.2. The SMILES string of the molecule is O=C=P(c1ccccc1)(c1ccccc1)c1ccccc1.O=C=P(c1ccccc1)(c1ccccc1)c1ccccc1.O=C=P(c1ccccc1)(c1ccccc1)c1ccccc1.[Rh+3]. The van der Waals surface area contributed by atoms with Crippen molar-refractivity contribution < 1.29 is 33.9 Å². The fourth-order valence-electron chi connectivity index (χ4n) is 7.68. The topological polar surface area (TPSA) is 51.2 Å². The van der Waals surface area contributed by atoms with Gasteiger partial charge in [-0.25, -0.2) is 14.4 Å². The molecule has 312 valence electrons. The molecule has 0 spiro atoms. The first-order valence-electron chi connectivity index (χ1n) is 20.5. The van der Waals surface area contributed by atoms with Crippen molar-refractivity contribution in [3.8, 4) is 0 Å². The van der Waals surface area contributed by atoms with Crippen molar-refractivity contribution in [2.24, 2.45) is 0 Å². The van der Waals surface area contributed by atoms with E-state index in [0.717, 1.165) is 47.7 Å². The number of rotatable bonds is 9. The van der Waals surface area contributed by atoms with Crippen LogP contribution < -0.4 is 47.7 Å². The molecule has 0 bridgehead atoms. The van der Waals surface area contributed by atoms with Gasteiger partial charge in [-0.05, 0) is 47.7 Å². The summed E-state index contributed by atoms with van der Waals surface area (Å²) in [6.07, 6.45) is 0.